The summed E-state index contributed by atoms with van der Waals surface area (Å²) in [6, 6.07) is 7.94. The molecule has 0 spiro atoms. The highest BCUT2D eigenvalue weighted by Crippen LogP contribution is 2.33. The van der Waals surface area contributed by atoms with Gasteiger partial charge in [-0.3, -0.25) is 9.59 Å². The Morgan fingerprint density at radius 3 is 2.48 bits per heavy atom. The van der Waals surface area contributed by atoms with Crippen molar-refractivity contribution < 1.29 is 14.0 Å². The normalized spacial score (nSPS) is 14.1. The van der Waals surface area contributed by atoms with Crippen molar-refractivity contribution in [2.24, 2.45) is 11.5 Å². The van der Waals surface area contributed by atoms with Gasteiger partial charge in [-0.05, 0) is 41.7 Å². The van der Waals surface area contributed by atoms with Gasteiger partial charge in [0.25, 0.3) is 0 Å². The van der Waals surface area contributed by atoms with Gasteiger partial charge in [0.05, 0.1) is 11.1 Å². The molecule has 23 heavy (non-hydrogen) atoms. The van der Waals surface area contributed by atoms with Crippen molar-refractivity contribution in [1.82, 2.24) is 0 Å². The van der Waals surface area contributed by atoms with Crippen LogP contribution < -0.4 is 11.5 Å². The topological polar surface area (TPSA) is 86.2 Å². The molecule has 2 aromatic rings. The van der Waals surface area contributed by atoms with Gasteiger partial charge in [-0.1, -0.05) is 30.4 Å². The number of benzene rings is 2. The zero-order valence-corrected chi connectivity index (χ0v) is 12.3. The average Bonchev–Trinajstić information content (AvgIpc) is 2.52. The van der Waals surface area contributed by atoms with E-state index in [2.05, 4.69) is 0 Å². The quantitative estimate of drug-likeness (QED) is 0.893. The van der Waals surface area contributed by atoms with Crippen LogP contribution in [0.3, 0.4) is 0 Å². The Labute approximate surface area is 132 Å². The molecule has 0 radical (unpaired) electrons. The molecule has 0 aliphatic heterocycles. The summed E-state index contributed by atoms with van der Waals surface area (Å²) in [5.41, 5.74) is 13.2. The van der Waals surface area contributed by atoms with Crippen molar-refractivity contribution in [1.29, 1.82) is 0 Å². The third-order valence-corrected chi connectivity index (χ3v) is 3.97. The van der Waals surface area contributed by atoms with Gasteiger partial charge >= 0.3 is 0 Å². The van der Waals surface area contributed by atoms with E-state index in [1.165, 1.54) is 12.1 Å². The van der Waals surface area contributed by atoms with Crippen LogP contribution in [0, 0.1) is 5.82 Å². The summed E-state index contributed by atoms with van der Waals surface area (Å²) in [4.78, 5) is 23.6. The van der Waals surface area contributed by atoms with Crippen molar-refractivity contribution in [2.75, 3.05) is 0 Å². The molecular formula is C18H15FN2O2. The number of aryl methyl sites for hydroxylation is 1. The zero-order valence-electron chi connectivity index (χ0n) is 12.3. The number of hydrogen-bond acceptors (Lipinski definition) is 2. The molecule has 4 rings (SSSR count). The summed E-state index contributed by atoms with van der Waals surface area (Å²) < 4.78 is 14.2. The van der Waals surface area contributed by atoms with Crippen LogP contribution in [0.15, 0.2) is 36.4 Å². The van der Waals surface area contributed by atoms with Crippen LogP contribution in [0.1, 0.15) is 38.3 Å². The minimum Gasteiger partial charge on any atom is -0.366 e. The number of nitrogens with two attached hydrogens (primary N) is 2. The third kappa shape index (κ3) is 2.61. The van der Waals surface area contributed by atoms with E-state index in [1.807, 2.05) is 6.08 Å². The van der Waals surface area contributed by atoms with Crippen molar-refractivity contribution in [3.05, 3.63) is 64.5 Å². The molecule has 4 N–H and O–H groups in total. The standard InChI is InChI=1S/C18H15FN2O2/c19-14-9-12-6-5-10(14)3-1-2-4-11-7-8-13(17(20)22)16(15(11)12)18(21)23/h1,3,5-9H,2,4H2,(H2,20,22)(H2,21,23)/b3-1+. The first-order valence-corrected chi connectivity index (χ1v) is 7.21. The van der Waals surface area contributed by atoms with E-state index in [4.69, 9.17) is 11.5 Å². The van der Waals surface area contributed by atoms with E-state index in [0.29, 0.717) is 29.5 Å². The monoisotopic (exact) mass is 310 g/mol. The molecule has 0 saturated heterocycles. The van der Waals surface area contributed by atoms with Crippen molar-refractivity contribution in [2.45, 2.75) is 12.8 Å². The van der Waals surface area contributed by atoms with Gasteiger partial charge in [-0.2, -0.15) is 0 Å². The number of hydrogen-bond donors (Lipinski definition) is 2. The number of rotatable bonds is 2. The second kappa shape index (κ2) is 5.68. The molecule has 0 unspecified atom stereocenters. The van der Waals surface area contributed by atoms with Gasteiger partial charge < -0.3 is 11.5 Å². The van der Waals surface area contributed by atoms with Gasteiger partial charge in [0.2, 0.25) is 11.8 Å². The number of carbonyl (C=O) groups is 2. The molecule has 2 aliphatic rings. The highest BCUT2D eigenvalue weighted by Gasteiger charge is 2.22. The Morgan fingerprint density at radius 1 is 1.04 bits per heavy atom. The number of halogens is 1. The highest BCUT2D eigenvalue weighted by atomic mass is 19.1. The fourth-order valence-electron chi connectivity index (χ4n) is 2.91. The SMILES string of the molecule is NC(=O)c1ccc2c(c1C(N)=O)-c1ccc(c(F)c1)/C=C/CC2. The maximum absolute atomic E-state index is 14.2. The molecule has 116 valence electrons. The summed E-state index contributed by atoms with van der Waals surface area (Å²) >= 11 is 0. The van der Waals surface area contributed by atoms with Crippen molar-refractivity contribution in [3.63, 3.8) is 0 Å². The second-order valence-electron chi connectivity index (χ2n) is 5.43. The first-order chi connectivity index (χ1) is 11.0. The molecular weight excluding hydrogens is 295 g/mol. The first kappa shape index (κ1) is 15.0. The molecule has 0 fully saturated rings. The maximum Gasteiger partial charge on any atom is 0.250 e. The lowest BCUT2D eigenvalue weighted by molar-refractivity contribution is 0.0967. The predicted octanol–water partition coefficient (Wildman–Crippen LogP) is 2.65. The van der Waals surface area contributed by atoms with Crippen molar-refractivity contribution in [3.8, 4) is 11.1 Å². The van der Waals surface area contributed by atoms with Gasteiger partial charge in [-0.25, -0.2) is 4.39 Å². The summed E-state index contributed by atoms with van der Waals surface area (Å²) in [7, 11) is 0. The van der Waals surface area contributed by atoms with Gasteiger partial charge in [0, 0.05) is 5.56 Å². The van der Waals surface area contributed by atoms with E-state index < -0.39 is 17.6 Å². The molecule has 0 saturated carbocycles. The molecule has 0 atom stereocenters. The molecule has 0 aromatic heterocycles. The lowest BCUT2D eigenvalue weighted by atomic mass is 9.87. The van der Waals surface area contributed by atoms with Crippen LogP contribution in [-0.4, -0.2) is 11.8 Å². The highest BCUT2D eigenvalue weighted by molar-refractivity contribution is 6.11. The summed E-state index contributed by atoms with van der Waals surface area (Å²) in [5, 5.41) is 0. The summed E-state index contributed by atoms with van der Waals surface area (Å²) in [6.07, 6.45) is 4.93. The van der Waals surface area contributed by atoms with Gasteiger partial charge in [-0.15, -0.1) is 0 Å². The lowest BCUT2D eigenvalue weighted by Crippen LogP contribution is -2.22. The van der Waals surface area contributed by atoms with Crippen molar-refractivity contribution >= 4 is 17.9 Å². The molecule has 5 heteroatoms. The van der Waals surface area contributed by atoms with Crippen LogP contribution in [0.2, 0.25) is 0 Å². The minimum atomic E-state index is -0.757. The van der Waals surface area contributed by atoms with E-state index in [0.717, 1.165) is 5.56 Å². The first-order valence-electron chi connectivity index (χ1n) is 7.21. The molecule has 2 bridgehead atoms. The van der Waals surface area contributed by atoms with E-state index in [1.54, 1.807) is 24.3 Å². The Kier molecular flexibility index (Phi) is 3.70. The van der Waals surface area contributed by atoms with E-state index in [-0.39, 0.29) is 11.1 Å². The summed E-state index contributed by atoms with van der Waals surface area (Å²) in [6.45, 7) is 0. The van der Waals surface area contributed by atoms with Crippen LogP contribution in [0.4, 0.5) is 4.39 Å². The largest absolute Gasteiger partial charge is 0.366 e. The Morgan fingerprint density at radius 2 is 1.83 bits per heavy atom. The van der Waals surface area contributed by atoms with Gasteiger partial charge in [0.1, 0.15) is 5.82 Å². The number of carbonyl (C=O) groups excluding carboxylic acids is 2. The Bertz CT molecular complexity index is 856. The smallest absolute Gasteiger partial charge is 0.250 e. The predicted molar refractivity (Wildman–Crippen MR) is 86.2 cm³/mol. The fraction of sp³-hybridized carbons (Fsp3) is 0.111. The molecule has 2 aliphatic carbocycles. The van der Waals surface area contributed by atoms with E-state index >= 15 is 0 Å². The van der Waals surface area contributed by atoms with Crippen LogP contribution in [0.25, 0.3) is 17.2 Å². The number of primary amides is 2. The maximum atomic E-state index is 14.2. The molecule has 4 nitrogen and oxygen atoms in total. The lowest BCUT2D eigenvalue weighted by Gasteiger charge is -2.17. The van der Waals surface area contributed by atoms with Crippen LogP contribution >= 0.6 is 0 Å². The minimum absolute atomic E-state index is 0.0479. The molecule has 0 heterocycles. The fourth-order valence-corrected chi connectivity index (χ4v) is 2.91. The van der Waals surface area contributed by atoms with Gasteiger partial charge in [0.15, 0.2) is 0 Å². The second-order valence-corrected chi connectivity index (χ2v) is 5.43. The number of fused-ring (bicyclic) bond motifs is 4. The Hall–Kier alpha value is -2.95. The number of allylic oxidation sites excluding steroid dienone is 1. The summed E-state index contributed by atoms with van der Waals surface area (Å²) in [5.74, 6) is -1.89. The Balaban J connectivity index is 2.39. The molecule has 2 amide bonds. The third-order valence-electron chi connectivity index (χ3n) is 3.97. The van der Waals surface area contributed by atoms with E-state index in [9.17, 15) is 14.0 Å². The number of amides is 2. The van der Waals surface area contributed by atoms with Crippen LogP contribution in [0.5, 0.6) is 0 Å². The molecule has 2 aromatic carbocycles. The average molecular weight is 310 g/mol. The zero-order chi connectivity index (χ0) is 16.6. The van der Waals surface area contributed by atoms with Crippen LogP contribution in [-0.2, 0) is 6.42 Å².